The molecule has 4 aromatic rings. The van der Waals surface area contributed by atoms with Gasteiger partial charge in [-0.15, -0.1) is 0 Å². The van der Waals surface area contributed by atoms with Gasteiger partial charge in [-0.1, -0.05) is 66.7 Å². The molecule has 3 aromatic carbocycles. The first-order chi connectivity index (χ1) is 14.6. The number of aromatic nitrogens is 1. The largest absolute Gasteiger partial charge is 0.298 e. The monoisotopic (exact) mass is 392 g/mol. The van der Waals surface area contributed by atoms with E-state index in [4.69, 9.17) is 0 Å². The third-order valence-electron chi connectivity index (χ3n) is 5.75. The summed E-state index contributed by atoms with van der Waals surface area (Å²) >= 11 is 0. The number of anilines is 1. The number of hydrogen-bond acceptors (Lipinski definition) is 3. The number of aryl methyl sites for hydroxylation is 1. The van der Waals surface area contributed by atoms with Crippen LogP contribution in [-0.2, 0) is 0 Å². The summed E-state index contributed by atoms with van der Waals surface area (Å²) < 4.78 is 0. The van der Waals surface area contributed by atoms with E-state index in [9.17, 15) is 9.59 Å². The van der Waals surface area contributed by atoms with Gasteiger partial charge in [-0.2, -0.15) is 0 Å². The number of benzene rings is 3. The van der Waals surface area contributed by atoms with E-state index in [1.54, 1.807) is 11.1 Å². The first-order valence-electron chi connectivity index (χ1n) is 10.0. The molecule has 1 amide bonds. The van der Waals surface area contributed by atoms with Crippen molar-refractivity contribution >= 4 is 28.3 Å². The van der Waals surface area contributed by atoms with Crippen LogP contribution in [0, 0.1) is 6.92 Å². The molecule has 1 unspecified atom stereocenters. The molecule has 146 valence electrons. The van der Waals surface area contributed by atoms with Gasteiger partial charge in [0.2, 0.25) is 0 Å². The summed E-state index contributed by atoms with van der Waals surface area (Å²) in [4.78, 5) is 33.0. The molecule has 0 N–H and O–H groups in total. The first kappa shape index (κ1) is 18.3. The van der Waals surface area contributed by atoms with Gasteiger partial charge in [0.1, 0.15) is 0 Å². The van der Waals surface area contributed by atoms with E-state index >= 15 is 0 Å². The van der Waals surface area contributed by atoms with Gasteiger partial charge in [0.25, 0.3) is 5.91 Å². The predicted octanol–water partition coefficient (Wildman–Crippen LogP) is 5.52. The summed E-state index contributed by atoms with van der Waals surface area (Å²) in [6.07, 6.45) is 1.95. The highest BCUT2D eigenvalue weighted by Gasteiger charge is 2.40. The van der Waals surface area contributed by atoms with E-state index in [-0.39, 0.29) is 24.2 Å². The van der Waals surface area contributed by atoms with Crippen LogP contribution in [0.15, 0.2) is 85.1 Å². The third-order valence-corrected chi connectivity index (χ3v) is 5.75. The van der Waals surface area contributed by atoms with E-state index in [1.807, 2.05) is 85.8 Å². The maximum Gasteiger partial charge on any atom is 0.259 e. The van der Waals surface area contributed by atoms with E-state index in [1.165, 1.54) is 0 Å². The molecule has 4 heteroatoms. The molecule has 0 saturated carbocycles. The van der Waals surface area contributed by atoms with Gasteiger partial charge in [0, 0.05) is 29.1 Å². The highest BCUT2D eigenvalue weighted by molar-refractivity contribution is 6.15. The molecule has 1 aliphatic heterocycles. The van der Waals surface area contributed by atoms with E-state index < -0.39 is 0 Å². The minimum atomic E-state index is -0.368. The lowest BCUT2D eigenvalue weighted by Gasteiger charge is -2.26. The average Bonchev–Trinajstić information content (AvgIpc) is 3.06. The van der Waals surface area contributed by atoms with Crippen LogP contribution >= 0.6 is 0 Å². The van der Waals surface area contributed by atoms with Crippen molar-refractivity contribution in [2.45, 2.75) is 19.4 Å². The average molecular weight is 392 g/mol. The van der Waals surface area contributed by atoms with Gasteiger partial charge < -0.3 is 0 Å². The number of para-hydroxylation sites is 1. The fourth-order valence-corrected chi connectivity index (χ4v) is 4.34. The number of fused-ring (bicyclic) bond motifs is 2. The maximum absolute atomic E-state index is 13.6. The molecule has 0 radical (unpaired) electrons. The predicted molar refractivity (Wildman–Crippen MR) is 118 cm³/mol. The van der Waals surface area contributed by atoms with Crippen molar-refractivity contribution in [3.63, 3.8) is 0 Å². The molecular formula is C26H20N2O2. The molecule has 0 fully saturated rings. The van der Waals surface area contributed by atoms with Crippen LogP contribution < -0.4 is 4.90 Å². The quantitative estimate of drug-likeness (QED) is 0.430. The molecule has 0 bridgehead atoms. The first-order valence-corrected chi connectivity index (χ1v) is 10.0. The fraction of sp³-hybridized carbons (Fsp3) is 0.115. The van der Waals surface area contributed by atoms with Crippen molar-refractivity contribution in [1.82, 2.24) is 4.98 Å². The summed E-state index contributed by atoms with van der Waals surface area (Å²) in [5.74, 6) is -0.0620. The number of rotatable bonds is 4. The Labute approximate surface area is 174 Å². The van der Waals surface area contributed by atoms with Crippen molar-refractivity contribution < 1.29 is 9.59 Å². The summed E-state index contributed by atoms with van der Waals surface area (Å²) in [5, 5.41) is 0.962. The van der Waals surface area contributed by atoms with E-state index in [0.717, 1.165) is 27.7 Å². The standard InChI is InChI=1S/C26H20N2O2/c1-17-8-5-13-20-22(16-23(29)18-9-3-2-4-10-18)28(26(30)24(17)20)21-14-6-11-19-12-7-15-27-25(19)21/h2-15,22H,16H2,1H3. The lowest BCUT2D eigenvalue weighted by Crippen LogP contribution is -2.29. The summed E-state index contributed by atoms with van der Waals surface area (Å²) in [6, 6.07) is 24.4. The van der Waals surface area contributed by atoms with E-state index in [0.29, 0.717) is 11.1 Å². The van der Waals surface area contributed by atoms with Gasteiger partial charge in [-0.05, 0) is 30.2 Å². The van der Waals surface area contributed by atoms with Crippen molar-refractivity contribution in [2.24, 2.45) is 0 Å². The Bertz CT molecular complexity index is 1280. The molecule has 0 spiro atoms. The number of carbonyl (C=O) groups excluding carboxylic acids is 2. The minimum absolute atomic E-state index is 0.0148. The highest BCUT2D eigenvalue weighted by atomic mass is 16.2. The number of hydrogen-bond donors (Lipinski definition) is 0. The van der Waals surface area contributed by atoms with Crippen LogP contribution in [0.4, 0.5) is 5.69 Å². The van der Waals surface area contributed by atoms with Crippen LogP contribution in [-0.4, -0.2) is 16.7 Å². The number of ketones is 1. The smallest absolute Gasteiger partial charge is 0.259 e. The second-order valence-corrected chi connectivity index (χ2v) is 7.58. The van der Waals surface area contributed by atoms with Gasteiger partial charge >= 0.3 is 0 Å². The van der Waals surface area contributed by atoms with Gasteiger partial charge in [-0.3, -0.25) is 19.5 Å². The van der Waals surface area contributed by atoms with Crippen LogP contribution in [0.2, 0.25) is 0 Å². The summed E-state index contributed by atoms with van der Waals surface area (Å²) in [7, 11) is 0. The zero-order valence-electron chi connectivity index (χ0n) is 16.6. The fourth-order valence-electron chi connectivity index (χ4n) is 4.34. The maximum atomic E-state index is 13.6. The lowest BCUT2D eigenvalue weighted by atomic mass is 9.95. The molecule has 30 heavy (non-hydrogen) atoms. The molecule has 2 heterocycles. The number of nitrogens with zero attached hydrogens (tertiary/aromatic N) is 2. The molecule has 1 atom stereocenters. The molecule has 5 rings (SSSR count). The van der Waals surface area contributed by atoms with Crippen molar-refractivity contribution in [3.8, 4) is 0 Å². The second-order valence-electron chi connectivity index (χ2n) is 7.58. The zero-order chi connectivity index (χ0) is 20.7. The van der Waals surface area contributed by atoms with Crippen LogP contribution in [0.25, 0.3) is 10.9 Å². The lowest BCUT2D eigenvalue weighted by molar-refractivity contribution is 0.0960. The Hall–Kier alpha value is -3.79. The Balaban J connectivity index is 1.66. The minimum Gasteiger partial charge on any atom is -0.298 e. The van der Waals surface area contributed by atoms with Crippen LogP contribution in [0.3, 0.4) is 0 Å². The molecule has 1 aliphatic rings. The Morgan fingerprint density at radius 1 is 0.933 bits per heavy atom. The van der Waals surface area contributed by atoms with Crippen molar-refractivity contribution in [2.75, 3.05) is 4.90 Å². The number of pyridine rings is 1. The zero-order valence-corrected chi connectivity index (χ0v) is 16.6. The molecule has 0 saturated heterocycles. The number of Topliss-reactive ketones (excluding diaryl/α,β-unsaturated/α-hetero) is 1. The highest BCUT2D eigenvalue weighted by Crippen LogP contribution is 2.43. The van der Waals surface area contributed by atoms with E-state index in [2.05, 4.69) is 4.98 Å². The molecule has 0 aliphatic carbocycles. The van der Waals surface area contributed by atoms with Gasteiger partial charge in [0.05, 0.1) is 17.2 Å². The third kappa shape index (κ3) is 2.89. The second kappa shape index (κ2) is 7.23. The SMILES string of the molecule is Cc1cccc2c1C(=O)N(c1cccc3cccnc13)C2CC(=O)c1ccccc1. The normalized spacial score (nSPS) is 15.4. The molecular weight excluding hydrogens is 372 g/mol. The Morgan fingerprint density at radius 2 is 1.70 bits per heavy atom. The van der Waals surface area contributed by atoms with Crippen molar-refractivity contribution in [3.05, 3.63) is 107 Å². The number of amides is 1. The molecule has 1 aromatic heterocycles. The van der Waals surface area contributed by atoms with Crippen LogP contribution in [0.1, 0.15) is 44.3 Å². The summed E-state index contributed by atoms with van der Waals surface area (Å²) in [6.45, 7) is 1.94. The van der Waals surface area contributed by atoms with Crippen molar-refractivity contribution in [1.29, 1.82) is 0 Å². The van der Waals surface area contributed by atoms with Crippen LogP contribution in [0.5, 0.6) is 0 Å². The topological polar surface area (TPSA) is 50.3 Å². The number of carbonyl (C=O) groups is 2. The Kier molecular flexibility index (Phi) is 4.40. The van der Waals surface area contributed by atoms with Gasteiger partial charge in [0.15, 0.2) is 5.78 Å². The molecule has 4 nitrogen and oxygen atoms in total. The van der Waals surface area contributed by atoms with Gasteiger partial charge in [-0.25, -0.2) is 0 Å². The Morgan fingerprint density at radius 3 is 2.53 bits per heavy atom. The summed E-state index contributed by atoms with van der Waals surface area (Å²) in [5.41, 5.74) is 4.66.